The van der Waals surface area contributed by atoms with E-state index in [9.17, 15) is 4.79 Å². The van der Waals surface area contributed by atoms with E-state index in [2.05, 4.69) is 10.3 Å². The first kappa shape index (κ1) is 14.0. The van der Waals surface area contributed by atoms with E-state index in [0.717, 1.165) is 25.9 Å². The van der Waals surface area contributed by atoms with E-state index in [0.29, 0.717) is 12.2 Å². The van der Waals surface area contributed by atoms with Crippen molar-refractivity contribution < 1.29 is 9.53 Å². The highest BCUT2D eigenvalue weighted by atomic mass is 35.5. The lowest BCUT2D eigenvalue weighted by atomic mass is 10.2. The molecule has 2 N–H and O–H groups in total. The van der Waals surface area contributed by atoms with Crippen molar-refractivity contribution >= 4 is 39.7 Å². The molecule has 2 heterocycles. The molecule has 21 heavy (non-hydrogen) atoms. The lowest BCUT2D eigenvalue weighted by molar-refractivity contribution is 0.0947. The SMILES string of the molecule is COc1ccc2cc(C(=O)NCc3ccc(Cl)s3)[nH]c2c1. The maximum atomic E-state index is 12.1. The zero-order valence-electron chi connectivity index (χ0n) is 11.3. The molecule has 0 aliphatic carbocycles. The van der Waals surface area contributed by atoms with Crippen LogP contribution in [0.2, 0.25) is 4.34 Å². The highest BCUT2D eigenvalue weighted by Crippen LogP contribution is 2.22. The second-order valence-electron chi connectivity index (χ2n) is 4.52. The normalized spacial score (nSPS) is 10.8. The van der Waals surface area contributed by atoms with Crippen molar-refractivity contribution in [2.75, 3.05) is 7.11 Å². The molecule has 4 nitrogen and oxygen atoms in total. The van der Waals surface area contributed by atoms with Crippen molar-refractivity contribution in [3.8, 4) is 5.75 Å². The van der Waals surface area contributed by atoms with E-state index in [1.54, 1.807) is 7.11 Å². The van der Waals surface area contributed by atoms with Crippen molar-refractivity contribution in [2.24, 2.45) is 0 Å². The Kier molecular flexibility index (Phi) is 3.86. The van der Waals surface area contributed by atoms with Gasteiger partial charge in [-0.05, 0) is 30.3 Å². The third-order valence-electron chi connectivity index (χ3n) is 3.13. The van der Waals surface area contributed by atoms with E-state index in [1.807, 2.05) is 36.4 Å². The molecule has 0 saturated heterocycles. The number of rotatable bonds is 4. The van der Waals surface area contributed by atoms with Gasteiger partial charge in [0.2, 0.25) is 0 Å². The minimum Gasteiger partial charge on any atom is -0.497 e. The Morgan fingerprint density at radius 2 is 2.19 bits per heavy atom. The van der Waals surface area contributed by atoms with Crippen LogP contribution in [-0.4, -0.2) is 18.0 Å². The number of amides is 1. The van der Waals surface area contributed by atoms with Crippen LogP contribution in [0.4, 0.5) is 0 Å². The Labute approximate surface area is 130 Å². The summed E-state index contributed by atoms with van der Waals surface area (Å²) in [6, 6.07) is 11.2. The molecule has 2 aromatic heterocycles. The Morgan fingerprint density at radius 3 is 2.90 bits per heavy atom. The van der Waals surface area contributed by atoms with Gasteiger partial charge in [-0.3, -0.25) is 4.79 Å². The first-order valence-corrected chi connectivity index (χ1v) is 7.54. The van der Waals surface area contributed by atoms with Crippen LogP contribution >= 0.6 is 22.9 Å². The third kappa shape index (κ3) is 3.04. The van der Waals surface area contributed by atoms with Gasteiger partial charge in [-0.1, -0.05) is 11.6 Å². The lowest BCUT2D eigenvalue weighted by Crippen LogP contribution is -2.22. The van der Waals surface area contributed by atoms with Crippen LogP contribution in [0.5, 0.6) is 5.75 Å². The average Bonchev–Trinajstić information content (AvgIpc) is 3.09. The zero-order chi connectivity index (χ0) is 14.8. The van der Waals surface area contributed by atoms with Crippen LogP contribution < -0.4 is 10.1 Å². The highest BCUT2D eigenvalue weighted by molar-refractivity contribution is 7.16. The standard InChI is InChI=1S/C15H13ClN2O2S/c1-20-10-3-2-9-6-13(18-12(9)7-10)15(19)17-8-11-4-5-14(16)21-11/h2-7,18H,8H2,1H3,(H,17,19). The van der Waals surface area contributed by atoms with Crippen molar-refractivity contribution in [1.29, 1.82) is 0 Å². The summed E-state index contributed by atoms with van der Waals surface area (Å²) in [5, 5.41) is 3.84. The number of aromatic nitrogens is 1. The number of ether oxygens (including phenoxy) is 1. The summed E-state index contributed by atoms with van der Waals surface area (Å²) in [5.74, 6) is 0.610. The van der Waals surface area contributed by atoms with Crippen LogP contribution in [0, 0.1) is 0 Å². The predicted molar refractivity (Wildman–Crippen MR) is 85.3 cm³/mol. The first-order chi connectivity index (χ1) is 10.2. The predicted octanol–water partition coefficient (Wildman–Crippen LogP) is 3.82. The summed E-state index contributed by atoms with van der Waals surface area (Å²) in [6.45, 7) is 0.467. The van der Waals surface area contributed by atoms with Crippen LogP contribution in [0.15, 0.2) is 36.4 Å². The van der Waals surface area contributed by atoms with Crippen molar-refractivity contribution in [2.45, 2.75) is 6.54 Å². The molecule has 0 atom stereocenters. The average molecular weight is 321 g/mol. The number of benzene rings is 1. The van der Waals surface area contributed by atoms with Crippen LogP contribution in [-0.2, 0) is 6.54 Å². The van der Waals surface area contributed by atoms with Gasteiger partial charge in [-0.2, -0.15) is 0 Å². The van der Waals surface area contributed by atoms with Crippen molar-refractivity contribution in [1.82, 2.24) is 10.3 Å². The minimum atomic E-state index is -0.144. The summed E-state index contributed by atoms with van der Waals surface area (Å²) in [7, 11) is 1.61. The Bertz CT molecular complexity index is 794. The van der Waals surface area contributed by atoms with Gasteiger partial charge >= 0.3 is 0 Å². The fourth-order valence-electron chi connectivity index (χ4n) is 2.06. The summed E-state index contributed by atoms with van der Waals surface area (Å²) < 4.78 is 5.89. The molecule has 6 heteroatoms. The fourth-order valence-corrected chi connectivity index (χ4v) is 3.09. The van der Waals surface area contributed by atoms with Crippen LogP contribution in [0.3, 0.4) is 0 Å². The molecule has 0 fully saturated rings. The Hall–Kier alpha value is -1.98. The lowest BCUT2D eigenvalue weighted by Gasteiger charge is -2.01. The summed E-state index contributed by atoms with van der Waals surface area (Å²) in [4.78, 5) is 16.3. The maximum absolute atomic E-state index is 12.1. The maximum Gasteiger partial charge on any atom is 0.268 e. The minimum absolute atomic E-state index is 0.144. The number of hydrogen-bond donors (Lipinski definition) is 2. The molecule has 1 aromatic carbocycles. The van der Waals surface area contributed by atoms with Gasteiger partial charge in [0.1, 0.15) is 11.4 Å². The van der Waals surface area contributed by atoms with Gasteiger partial charge in [-0.15, -0.1) is 11.3 Å². The van der Waals surface area contributed by atoms with Crippen LogP contribution in [0.25, 0.3) is 10.9 Å². The second-order valence-corrected chi connectivity index (χ2v) is 6.32. The molecular weight excluding hydrogens is 308 g/mol. The number of carbonyl (C=O) groups excluding carboxylic acids is 1. The molecule has 0 bridgehead atoms. The highest BCUT2D eigenvalue weighted by Gasteiger charge is 2.10. The molecule has 0 saturated carbocycles. The number of nitrogens with one attached hydrogen (secondary N) is 2. The quantitative estimate of drug-likeness (QED) is 0.767. The van der Waals surface area contributed by atoms with Gasteiger partial charge in [0.15, 0.2) is 0 Å². The van der Waals surface area contributed by atoms with Gasteiger partial charge in [0.05, 0.1) is 18.0 Å². The molecule has 0 radical (unpaired) electrons. The smallest absolute Gasteiger partial charge is 0.268 e. The monoisotopic (exact) mass is 320 g/mol. The van der Waals surface area contributed by atoms with E-state index < -0.39 is 0 Å². The number of methoxy groups -OCH3 is 1. The molecule has 108 valence electrons. The number of H-pyrrole nitrogens is 1. The van der Waals surface area contributed by atoms with E-state index in [-0.39, 0.29) is 5.91 Å². The zero-order valence-corrected chi connectivity index (χ0v) is 12.8. The Morgan fingerprint density at radius 1 is 1.33 bits per heavy atom. The second kappa shape index (κ2) is 5.79. The van der Waals surface area contributed by atoms with Gasteiger partial charge in [-0.25, -0.2) is 0 Å². The van der Waals surface area contributed by atoms with Crippen molar-refractivity contribution in [3.05, 3.63) is 51.3 Å². The molecular formula is C15H13ClN2O2S. The number of hydrogen-bond acceptors (Lipinski definition) is 3. The molecule has 0 aliphatic rings. The number of fused-ring (bicyclic) bond motifs is 1. The Balaban J connectivity index is 1.75. The molecule has 0 aliphatic heterocycles. The largest absolute Gasteiger partial charge is 0.497 e. The van der Waals surface area contributed by atoms with Crippen molar-refractivity contribution in [3.63, 3.8) is 0 Å². The van der Waals surface area contributed by atoms with Crippen LogP contribution in [0.1, 0.15) is 15.4 Å². The van der Waals surface area contributed by atoms with Gasteiger partial charge in [0, 0.05) is 21.8 Å². The number of thiophene rings is 1. The molecule has 0 spiro atoms. The molecule has 3 aromatic rings. The van der Waals surface area contributed by atoms with E-state index >= 15 is 0 Å². The third-order valence-corrected chi connectivity index (χ3v) is 4.36. The fraction of sp³-hybridized carbons (Fsp3) is 0.133. The van der Waals surface area contributed by atoms with E-state index in [1.165, 1.54) is 11.3 Å². The molecule has 1 amide bonds. The van der Waals surface area contributed by atoms with Gasteiger partial charge < -0.3 is 15.0 Å². The number of carbonyl (C=O) groups is 1. The summed E-state index contributed by atoms with van der Waals surface area (Å²) >= 11 is 7.32. The molecule has 3 rings (SSSR count). The number of aromatic amines is 1. The van der Waals surface area contributed by atoms with E-state index in [4.69, 9.17) is 16.3 Å². The summed E-state index contributed by atoms with van der Waals surface area (Å²) in [5.41, 5.74) is 1.40. The summed E-state index contributed by atoms with van der Waals surface area (Å²) in [6.07, 6.45) is 0. The first-order valence-electron chi connectivity index (χ1n) is 6.35. The number of halogens is 1. The topological polar surface area (TPSA) is 54.1 Å². The van der Waals surface area contributed by atoms with Gasteiger partial charge in [0.25, 0.3) is 5.91 Å². The molecule has 0 unspecified atom stereocenters.